The first-order valence-electron chi connectivity index (χ1n) is 18.9. The number of ether oxygens (including phenoxy) is 3. The predicted octanol–water partition coefficient (Wildman–Crippen LogP) is 2.55. The predicted molar refractivity (Wildman–Crippen MR) is 185 cm³/mol. The van der Waals surface area contributed by atoms with E-state index in [9.17, 15) is 29.4 Å². The number of esters is 1. The molecule has 6 rings (SSSR count). The number of hydrogen-bond donors (Lipinski definition) is 6. The molecule has 5 aliphatic carbocycles. The third kappa shape index (κ3) is 8.38. The number of rotatable bonds is 15. The highest BCUT2D eigenvalue weighted by Gasteiger charge is 2.56. The molecule has 6 aliphatic rings. The average Bonchev–Trinajstić information content (AvgIpc) is 3.04. The first-order chi connectivity index (χ1) is 23.7. The van der Waals surface area contributed by atoms with Gasteiger partial charge in [-0.15, -0.1) is 0 Å². The van der Waals surface area contributed by atoms with Gasteiger partial charge in [-0.1, -0.05) is 13.8 Å². The lowest BCUT2D eigenvalue weighted by molar-refractivity contribution is -0.216. The maximum atomic E-state index is 13.3. The summed E-state index contributed by atoms with van der Waals surface area (Å²) in [6.07, 6.45) is 7.00. The standard InChI is InChI=1S/C37H60N4O9/c1-7-27(8-2)49-30-14-26(34(45)48-9-3)13-28(32(30)39-21(5)42)41-37(35(46)47)18-29(44)33(40-22(6)43)31(50-37)19-38-20(4)36-15-23-10-24(16-36)12-25(11-23)17-36/h14,20,23-25,27-33,38,41,44H,7-13,15-19H2,1-6H3,(H,39,42)(H,40,43)(H,46,47). The largest absolute Gasteiger partial charge is 0.478 e. The average molecular weight is 705 g/mol. The van der Waals surface area contributed by atoms with E-state index in [1.807, 2.05) is 13.8 Å². The van der Waals surface area contributed by atoms with Gasteiger partial charge in [0, 0.05) is 44.5 Å². The van der Waals surface area contributed by atoms with Gasteiger partial charge in [0.15, 0.2) is 0 Å². The Labute approximate surface area is 296 Å². The fourth-order valence-corrected chi connectivity index (χ4v) is 10.2. The van der Waals surface area contributed by atoms with Crippen LogP contribution in [0.1, 0.15) is 106 Å². The molecule has 0 aromatic rings. The number of carbonyl (C=O) groups excluding carboxylic acids is 3. The van der Waals surface area contributed by atoms with E-state index >= 15 is 0 Å². The molecule has 8 unspecified atom stereocenters. The third-order valence-corrected chi connectivity index (χ3v) is 12.2. The van der Waals surface area contributed by atoms with Crippen molar-refractivity contribution in [3.8, 4) is 0 Å². The van der Waals surface area contributed by atoms with Gasteiger partial charge in [-0.2, -0.15) is 0 Å². The lowest BCUT2D eigenvalue weighted by Crippen LogP contribution is -2.73. The molecule has 1 heterocycles. The summed E-state index contributed by atoms with van der Waals surface area (Å²) in [5.41, 5.74) is -1.67. The number of carboxylic acid groups (broad SMARTS) is 1. The van der Waals surface area contributed by atoms with E-state index in [-0.39, 0.29) is 54.5 Å². The Hall–Kier alpha value is -2.58. The summed E-state index contributed by atoms with van der Waals surface area (Å²) in [4.78, 5) is 51.2. The molecule has 282 valence electrons. The Kier molecular flexibility index (Phi) is 12.3. The number of aliphatic hydroxyl groups is 1. The van der Waals surface area contributed by atoms with Gasteiger partial charge in [0.25, 0.3) is 0 Å². The molecule has 5 fully saturated rings. The molecule has 0 spiro atoms. The first-order valence-corrected chi connectivity index (χ1v) is 18.9. The highest BCUT2D eigenvalue weighted by molar-refractivity contribution is 5.89. The van der Waals surface area contributed by atoms with E-state index in [4.69, 9.17) is 14.2 Å². The smallest absolute Gasteiger partial charge is 0.351 e. The van der Waals surface area contributed by atoms with E-state index < -0.39 is 60.5 Å². The van der Waals surface area contributed by atoms with E-state index in [1.165, 1.54) is 52.4 Å². The zero-order chi connectivity index (χ0) is 36.4. The van der Waals surface area contributed by atoms with Crippen LogP contribution in [-0.2, 0) is 33.4 Å². The van der Waals surface area contributed by atoms with Gasteiger partial charge in [-0.05, 0) is 101 Å². The minimum atomic E-state index is -2.12. The van der Waals surface area contributed by atoms with Crippen LogP contribution in [0, 0.1) is 23.2 Å². The topological polar surface area (TPSA) is 185 Å². The van der Waals surface area contributed by atoms with Crippen molar-refractivity contribution in [3.05, 3.63) is 11.6 Å². The zero-order valence-electron chi connectivity index (χ0n) is 30.7. The molecular formula is C37H60N4O9. The van der Waals surface area contributed by atoms with E-state index in [0.29, 0.717) is 12.8 Å². The van der Waals surface area contributed by atoms with Crippen LogP contribution >= 0.6 is 0 Å². The molecule has 8 atom stereocenters. The van der Waals surface area contributed by atoms with Crippen LogP contribution in [0.3, 0.4) is 0 Å². The fourth-order valence-electron chi connectivity index (χ4n) is 10.2. The summed E-state index contributed by atoms with van der Waals surface area (Å²) in [6, 6.07) is -2.37. The lowest BCUT2D eigenvalue weighted by atomic mass is 9.48. The second-order valence-corrected chi connectivity index (χ2v) is 15.8. The maximum Gasteiger partial charge on any atom is 0.351 e. The molecular weight excluding hydrogens is 644 g/mol. The number of carbonyl (C=O) groups is 4. The number of amides is 2. The SMILES string of the molecule is CCOC(=O)C1=CC(OC(CC)CC)C(NC(C)=O)C(NC2(C(=O)O)CC(O)C(NC(C)=O)C(CNC(C)C34CC5CC(CC(C5)C3)C4)O2)C1. The monoisotopic (exact) mass is 704 g/mol. The molecule has 13 nitrogen and oxygen atoms in total. The number of carboxylic acids is 1. The highest BCUT2D eigenvalue weighted by Crippen LogP contribution is 2.61. The van der Waals surface area contributed by atoms with Gasteiger partial charge in [0.2, 0.25) is 17.5 Å². The van der Waals surface area contributed by atoms with E-state index in [0.717, 1.165) is 17.8 Å². The van der Waals surface area contributed by atoms with Crippen LogP contribution in [0.15, 0.2) is 11.6 Å². The van der Waals surface area contributed by atoms with Crippen LogP contribution in [0.4, 0.5) is 0 Å². The van der Waals surface area contributed by atoms with Crippen molar-refractivity contribution in [2.75, 3.05) is 13.2 Å². The Morgan fingerprint density at radius 1 is 0.940 bits per heavy atom. The van der Waals surface area contributed by atoms with E-state index in [1.54, 1.807) is 13.0 Å². The normalized spacial score (nSPS) is 38.3. The van der Waals surface area contributed by atoms with Crippen molar-refractivity contribution in [1.29, 1.82) is 0 Å². The maximum absolute atomic E-state index is 13.3. The molecule has 4 saturated carbocycles. The van der Waals surface area contributed by atoms with Crippen LogP contribution in [0.2, 0.25) is 0 Å². The Balaban J connectivity index is 1.42. The Bertz CT molecular complexity index is 1250. The second-order valence-electron chi connectivity index (χ2n) is 15.8. The molecule has 6 N–H and O–H groups in total. The van der Waals surface area contributed by atoms with Gasteiger partial charge < -0.3 is 40.4 Å². The van der Waals surface area contributed by atoms with Gasteiger partial charge in [-0.3, -0.25) is 14.9 Å². The first kappa shape index (κ1) is 38.6. The molecule has 13 heteroatoms. The fraction of sp³-hybridized carbons (Fsp3) is 0.838. The van der Waals surface area contributed by atoms with Gasteiger partial charge in [-0.25, -0.2) is 9.59 Å². The minimum Gasteiger partial charge on any atom is -0.478 e. The van der Waals surface area contributed by atoms with Crippen LogP contribution < -0.4 is 21.3 Å². The number of nitrogens with one attached hydrogen (secondary N) is 4. The highest BCUT2D eigenvalue weighted by atomic mass is 16.6. The summed E-state index contributed by atoms with van der Waals surface area (Å²) in [5.74, 6) is -0.361. The summed E-state index contributed by atoms with van der Waals surface area (Å²) in [5, 5.41) is 35.0. The molecule has 0 aromatic carbocycles. The Morgan fingerprint density at radius 3 is 2.04 bits per heavy atom. The molecule has 4 bridgehead atoms. The zero-order valence-corrected chi connectivity index (χ0v) is 30.7. The minimum absolute atomic E-state index is 0.0160. The molecule has 0 radical (unpaired) electrons. The quantitative estimate of drug-likeness (QED) is 0.138. The van der Waals surface area contributed by atoms with Crippen LogP contribution in [0.5, 0.6) is 0 Å². The van der Waals surface area contributed by atoms with Crippen molar-refractivity contribution >= 4 is 23.8 Å². The molecule has 1 aliphatic heterocycles. The molecule has 1 saturated heterocycles. The van der Waals surface area contributed by atoms with Crippen molar-refractivity contribution in [2.24, 2.45) is 23.2 Å². The molecule has 0 aromatic heterocycles. The van der Waals surface area contributed by atoms with E-state index in [2.05, 4.69) is 28.2 Å². The van der Waals surface area contributed by atoms with Crippen molar-refractivity contribution in [1.82, 2.24) is 21.3 Å². The van der Waals surface area contributed by atoms with Gasteiger partial charge in [0.1, 0.15) is 0 Å². The van der Waals surface area contributed by atoms with Gasteiger partial charge >= 0.3 is 11.9 Å². The summed E-state index contributed by atoms with van der Waals surface area (Å²) < 4.78 is 18.2. The number of aliphatic carboxylic acids is 1. The molecule has 2 amide bonds. The van der Waals surface area contributed by atoms with Crippen LogP contribution in [0.25, 0.3) is 0 Å². The van der Waals surface area contributed by atoms with Crippen molar-refractivity contribution in [2.45, 2.75) is 160 Å². The lowest BCUT2D eigenvalue weighted by Gasteiger charge is -2.59. The van der Waals surface area contributed by atoms with Gasteiger partial charge in [0.05, 0.1) is 43.1 Å². The number of aliphatic hydroxyl groups excluding tert-OH is 1. The second kappa shape index (κ2) is 16.0. The summed E-state index contributed by atoms with van der Waals surface area (Å²) >= 11 is 0. The number of hydrogen-bond acceptors (Lipinski definition) is 10. The summed E-state index contributed by atoms with van der Waals surface area (Å²) in [7, 11) is 0. The Morgan fingerprint density at radius 2 is 1.52 bits per heavy atom. The third-order valence-electron chi connectivity index (χ3n) is 12.2. The van der Waals surface area contributed by atoms with Crippen molar-refractivity contribution in [3.63, 3.8) is 0 Å². The summed E-state index contributed by atoms with van der Waals surface area (Å²) in [6.45, 7) is 10.9. The van der Waals surface area contributed by atoms with Crippen molar-refractivity contribution < 1.29 is 43.6 Å². The molecule has 50 heavy (non-hydrogen) atoms. The van der Waals surface area contributed by atoms with Crippen LogP contribution in [-0.4, -0.2) is 101 Å².